The van der Waals surface area contributed by atoms with E-state index in [1.165, 1.54) is 42.4 Å². The molecule has 1 atom stereocenters. The number of hydrogen-bond donors (Lipinski definition) is 1. The second kappa shape index (κ2) is 6.61. The molecule has 3 heteroatoms. The Morgan fingerprint density at radius 3 is 3.00 bits per heavy atom. The minimum Gasteiger partial charge on any atom is -0.342 e. The third kappa shape index (κ3) is 3.46. The van der Waals surface area contributed by atoms with Gasteiger partial charge in [0, 0.05) is 13.1 Å². The van der Waals surface area contributed by atoms with E-state index in [4.69, 9.17) is 0 Å². The minimum absolute atomic E-state index is 0.300. The molecular formula is C18H26N2O. The number of rotatable bonds is 4. The van der Waals surface area contributed by atoms with Gasteiger partial charge < -0.3 is 10.2 Å². The Hall–Kier alpha value is -1.35. The molecule has 0 spiro atoms. The van der Waals surface area contributed by atoms with Crippen molar-refractivity contribution in [3.05, 3.63) is 34.9 Å². The van der Waals surface area contributed by atoms with E-state index >= 15 is 0 Å². The van der Waals surface area contributed by atoms with Gasteiger partial charge in [0.25, 0.3) is 0 Å². The number of nitrogens with one attached hydrogen (secondary N) is 1. The third-order valence-corrected chi connectivity index (χ3v) is 4.88. The fourth-order valence-corrected chi connectivity index (χ4v) is 3.77. The van der Waals surface area contributed by atoms with Crippen LogP contribution in [-0.2, 0) is 24.1 Å². The first-order chi connectivity index (χ1) is 10.3. The first kappa shape index (κ1) is 14.6. The van der Waals surface area contributed by atoms with Crippen LogP contribution in [0.4, 0.5) is 0 Å². The van der Waals surface area contributed by atoms with Crippen molar-refractivity contribution < 1.29 is 4.79 Å². The average Bonchev–Trinajstić information content (AvgIpc) is 2.95. The first-order valence-electron chi connectivity index (χ1n) is 8.29. The summed E-state index contributed by atoms with van der Waals surface area (Å²) in [5, 5.41) is 3.24. The van der Waals surface area contributed by atoms with Gasteiger partial charge in [-0.05, 0) is 68.3 Å². The predicted octanol–water partition coefficient (Wildman–Crippen LogP) is 2.18. The van der Waals surface area contributed by atoms with E-state index in [0.29, 0.717) is 18.2 Å². The van der Waals surface area contributed by atoms with E-state index < -0.39 is 0 Å². The van der Waals surface area contributed by atoms with Crippen molar-refractivity contribution in [3.63, 3.8) is 0 Å². The third-order valence-electron chi connectivity index (χ3n) is 4.88. The van der Waals surface area contributed by atoms with Crippen LogP contribution in [-0.4, -0.2) is 37.5 Å². The number of likely N-dealkylation sites (tertiary alicyclic amines) is 1. The standard InChI is InChI=1S/C18H26N2O/c1-19-12-15-4-3-9-20(13-15)18(21)11-14-7-8-16-5-2-6-17(16)10-14/h7-8,10,15,19H,2-6,9,11-13H2,1H3. The monoisotopic (exact) mass is 286 g/mol. The van der Waals surface area contributed by atoms with Gasteiger partial charge in [-0.25, -0.2) is 0 Å². The molecule has 1 heterocycles. The summed E-state index contributed by atoms with van der Waals surface area (Å²) in [6.45, 7) is 2.87. The molecule has 0 saturated carbocycles. The van der Waals surface area contributed by atoms with Gasteiger partial charge in [-0.2, -0.15) is 0 Å². The molecule has 1 aromatic carbocycles. The van der Waals surface area contributed by atoms with E-state index in [0.717, 1.165) is 26.1 Å². The number of carbonyl (C=O) groups is 1. The average molecular weight is 286 g/mol. The zero-order chi connectivity index (χ0) is 14.7. The fourth-order valence-electron chi connectivity index (χ4n) is 3.77. The fraction of sp³-hybridized carbons (Fsp3) is 0.611. The van der Waals surface area contributed by atoms with Crippen LogP contribution in [0.5, 0.6) is 0 Å². The summed E-state index contributed by atoms with van der Waals surface area (Å²) in [5.74, 6) is 0.918. The Kier molecular flexibility index (Phi) is 4.59. The maximum atomic E-state index is 12.5. The zero-order valence-corrected chi connectivity index (χ0v) is 13.0. The molecule has 1 N–H and O–H groups in total. The summed E-state index contributed by atoms with van der Waals surface area (Å²) in [4.78, 5) is 14.6. The lowest BCUT2D eigenvalue weighted by atomic mass is 9.97. The number of fused-ring (bicyclic) bond motifs is 1. The van der Waals surface area contributed by atoms with Gasteiger partial charge in [0.2, 0.25) is 5.91 Å². The molecule has 1 amide bonds. The van der Waals surface area contributed by atoms with Crippen LogP contribution in [0, 0.1) is 5.92 Å². The molecule has 1 aromatic rings. The molecule has 1 unspecified atom stereocenters. The number of piperidine rings is 1. The number of benzene rings is 1. The normalized spacial score (nSPS) is 21.4. The Bertz CT molecular complexity index is 510. The number of nitrogens with zero attached hydrogens (tertiary/aromatic N) is 1. The molecule has 0 aromatic heterocycles. The summed E-state index contributed by atoms with van der Waals surface area (Å²) < 4.78 is 0. The number of hydrogen-bond acceptors (Lipinski definition) is 2. The quantitative estimate of drug-likeness (QED) is 0.920. The molecule has 1 saturated heterocycles. The van der Waals surface area contributed by atoms with Crippen molar-refractivity contribution in [2.75, 3.05) is 26.7 Å². The lowest BCUT2D eigenvalue weighted by Gasteiger charge is -2.32. The Labute approximate surface area is 127 Å². The van der Waals surface area contributed by atoms with Crippen molar-refractivity contribution >= 4 is 5.91 Å². The van der Waals surface area contributed by atoms with Gasteiger partial charge in [-0.15, -0.1) is 0 Å². The van der Waals surface area contributed by atoms with Crippen molar-refractivity contribution in [1.82, 2.24) is 10.2 Å². The lowest BCUT2D eigenvalue weighted by molar-refractivity contribution is -0.132. The van der Waals surface area contributed by atoms with Crippen molar-refractivity contribution in [1.29, 1.82) is 0 Å². The van der Waals surface area contributed by atoms with Crippen LogP contribution >= 0.6 is 0 Å². The Morgan fingerprint density at radius 2 is 2.14 bits per heavy atom. The maximum Gasteiger partial charge on any atom is 0.226 e. The highest BCUT2D eigenvalue weighted by Gasteiger charge is 2.23. The molecule has 1 fully saturated rings. The molecule has 21 heavy (non-hydrogen) atoms. The summed E-state index contributed by atoms with van der Waals surface area (Å²) in [5.41, 5.74) is 4.14. The molecule has 1 aliphatic heterocycles. The highest BCUT2D eigenvalue weighted by molar-refractivity contribution is 5.79. The Balaban J connectivity index is 1.60. The molecule has 2 aliphatic rings. The summed E-state index contributed by atoms with van der Waals surface area (Å²) in [6, 6.07) is 6.64. The van der Waals surface area contributed by atoms with Gasteiger partial charge in [-0.1, -0.05) is 18.2 Å². The van der Waals surface area contributed by atoms with Gasteiger partial charge in [-0.3, -0.25) is 4.79 Å². The highest BCUT2D eigenvalue weighted by atomic mass is 16.2. The Morgan fingerprint density at radius 1 is 1.29 bits per heavy atom. The van der Waals surface area contributed by atoms with E-state index in [2.05, 4.69) is 28.4 Å². The van der Waals surface area contributed by atoms with Gasteiger partial charge in [0.15, 0.2) is 0 Å². The smallest absolute Gasteiger partial charge is 0.226 e. The van der Waals surface area contributed by atoms with Crippen LogP contribution in [0.25, 0.3) is 0 Å². The largest absolute Gasteiger partial charge is 0.342 e. The van der Waals surface area contributed by atoms with Crippen LogP contribution in [0.2, 0.25) is 0 Å². The SMILES string of the molecule is CNCC1CCCN(C(=O)Cc2ccc3c(c2)CCC3)C1. The molecular weight excluding hydrogens is 260 g/mol. The molecule has 3 nitrogen and oxygen atoms in total. The van der Waals surface area contributed by atoms with Gasteiger partial charge >= 0.3 is 0 Å². The molecule has 114 valence electrons. The summed E-state index contributed by atoms with van der Waals surface area (Å²) >= 11 is 0. The van der Waals surface area contributed by atoms with Crippen molar-refractivity contribution in [2.45, 2.75) is 38.5 Å². The highest BCUT2D eigenvalue weighted by Crippen LogP contribution is 2.23. The van der Waals surface area contributed by atoms with Gasteiger partial charge in [0.05, 0.1) is 6.42 Å². The predicted molar refractivity (Wildman–Crippen MR) is 85.4 cm³/mol. The second-order valence-corrected chi connectivity index (χ2v) is 6.54. The second-order valence-electron chi connectivity index (χ2n) is 6.54. The van der Waals surface area contributed by atoms with Crippen LogP contribution in [0.1, 0.15) is 36.0 Å². The molecule has 0 bridgehead atoms. The van der Waals surface area contributed by atoms with Gasteiger partial charge in [0.1, 0.15) is 0 Å². The number of carbonyl (C=O) groups excluding carboxylic acids is 1. The number of amides is 1. The van der Waals surface area contributed by atoms with Crippen LogP contribution in [0.3, 0.4) is 0 Å². The lowest BCUT2D eigenvalue weighted by Crippen LogP contribution is -2.43. The van der Waals surface area contributed by atoms with E-state index in [1.54, 1.807) is 0 Å². The van der Waals surface area contributed by atoms with Crippen LogP contribution in [0.15, 0.2) is 18.2 Å². The molecule has 3 rings (SSSR count). The maximum absolute atomic E-state index is 12.5. The first-order valence-corrected chi connectivity index (χ1v) is 8.29. The van der Waals surface area contributed by atoms with E-state index in [-0.39, 0.29) is 0 Å². The van der Waals surface area contributed by atoms with Crippen LogP contribution < -0.4 is 5.32 Å². The zero-order valence-electron chi connectivity index (χ0n) is 13.0. The summed E-state index contributed by atoms with van der Waals surface area (Å²) in [6.07, 6.45) is 6.61. The number of aryl methyl sites for hydroxylation is 2. The van der Waals surface area contributed by atoms with Crippen molar-refractivity contribution in [2.24, 2.45) is 5.92 Å². The topological polar surface area (TPSA) is 32.3 Å². The molecule has 1 aliphatic carbocycles. The van der Waals surface area contributed by atoms with E-state index in [9.17, 15) is 4.79 Å². The van der Waals surface area contributed by atoms with E-state index in [1.807, 2.05) is 7.05 Å². The summed E-state index contributed by atoms with van der Waals surface area (Å²) in [7, 11) is 1.99. The minimum atomic E-state index is 0.300. The van der Waals surface area contributed by atoms with Crippen molar-refractivity contribution in [3.8, 4) is 0 Å². The molecule has 0 radical (unpaired) electrons.